The van der Waals surface area contributed by atoms with Gasteiger partial charge < -0.3 is 16.4 Å². The fraction of sp³-hybridized carbons (Fsp3) is 0.0500. The highest BCUT2D eigenvalue weighted by Gasteiger charge is 2.31. The topological polar surface area (TPSA) is 97.3 Å². The maximum Gasteiger partial charge on any atom is 0.416 e. The standard InChI is InChI=1S/C20H14ClF3N6O/c21-15-10-12(20(22,23)24)5-8-16(15)27-19(31)26-13-6-3-11(4-7-13)14-2-1-9-30-17(14)18(25)28-29-30/h1-10H,25H2,(H2,26,27,31). The summed E-state index contributed by atoms with van der Waals surface area (Å²) in [5.74, 6) is 0.297. The van der Waals surface area contributed by atoms with E-state index < -0.39 is 17.8 Å². The van der Waals surface area contributed by atoms with Crippen molar-refractivity contribution >= 4 is 40.3 Å². The van der Waals surface area contributed by atoms with E-state index in [2.05, 4.69) is 20.9 Å². The van der Waals surface area contributed by atoms with Crippen molar-refractivity contribution in [1.82, 2.24) is 14.8 Å². The van der Waals surface area contributed by atoms with Gasteiger partial charge in [-0.15, -0.1) is 5.10 Å². The minimum absolute atomic E-state index is 0.0548. The third-order valence-electron chi connectivity index (χ3n) is 4.46. The Kier molecular flexibility index (Phi) is 5.15. The third-order valence-corrected chi connectivity index (χ3v) is 4.78. The molecule has 0 aliphatic rings. The second-order valence-electron chi connectivity index (χ2n) is 6.54. The first kappa shape index (κ1) is 20.5. The fourth-order valence-corrected chi connectivity index (χ4v) is 3.24. The van der Waals surface area contributed by atoms with Crippen molar-refractivity contribution < 1.29 is 18.0 Å². The van der Waals surface area contributed by atoms with Crippen molar-refractivity contribution in [2.75, 3.05) is 16.4 Å². The predicted molar refractivity (Wildman–Crippen MR) is 112 cm³/mol. The second-order valence-corrected chi connectivity index (χ2v) is 6.95. The van der Waals surface area contributed by atoms with E-state index in [0.717, 1.165) is 29.3 Å². The number of halogens is 4. The number of nitrogens with two attached hydrogens (primary N) is 1. The largest absolute Gasteiger partial charge is 0.416 e. The van der Waals surface area contributed by atoms with E-state index in [0.29, 0.717) is 17.0 Å². The first-order chi connectivity index (χ1) is 14.7. The number of nitrogen functional groups attached to an aromatic ring is 1. The lowest BCUT2D eigenvalue weighted by Gasteiger charge is -2.12. The molecule has 0 saturated heterocycles. The van der Waals surface area contributed by atoms with Gasteiger partial charge in [-0.25, -0.2) is 9.31 Å². The van der Waals surface area contributed by atoms with Crippen molar-refractivity contribution in [2.45, 2.75) is 6.18 Å². The summed E-state index contributed by atoms with van der Waals surface area (Å²) in [5.41, 5.74) is 7.83. The minimum Gasteiger partial charge on any atom is -0.380 e. The van der Waals surface area contributed by atoms with Crippen LogP contribution in [0.1, 0.15) is 5.56 Å². The molecule has 0 saturated carbocycles. The highest BCUT2D eigenvalue weighted by Crippen LogP contribution is 2.34. The summed E-state index contributed by atoms with van der Waals surface area (Å²) < 4.78 is 39.7. The van der Waals surface area contributed by atoms with Crippen LogP contribution in [-0.4, -0.2) is 20.9 Å². The molecule has 31 heavy (non-hydrogen) atoms. The van der Waals surface area contributed by atoms with Crippen LogP contribution < -0.4 is 16.4 Å². The number of fused-ring (bicyclic) bond motifs is 1. The van der Waals surface area contributed by atoms with Crippen molar-refractivity contribution in [2.24, 2.45) is 0 Å². The van der Waals surface area contributed by atoms with Gasteiger partial charge in [0.25, 0.3) is 0 Å². The number of carbonyl (C=O) groups is 1. The average molecular weight is 447 g/mol. The molecule has 0 aliphatic heterocycles. The molecule has 4 rings (SSSR count). The van der Waals surface area contributed by atoms with Crippen molar-refractivity contribution in [1.29, 1.82) is 0 Å². The number of benzene rings is 2. The molecule has 0 radical (unpaired) electrons. The van der Waals surface area contributed by atoms with Crippen molar-refractivity contribution in [3.05, 3.63) is 71.4 Å². The fourth-order valence-electron chi connectivity index (χ4n) is 3.01. The number of aromatic nitrogens is 3. The SMILES string of the molecule is Nc1nnn2cccc(-c3ccc(NC(=O)Nc4ccc(C(F)(F)F)cc4Cl)cc3)c12. The van der Waals surface area contributed by atoms with E-state index >= 15 is 0 Å². The van der Waals surface area contributed by atoms with Gasteiger partial charge in [-0.2, -0.15) is 13.2 Å². The van der Waals surface area contributed by atoms with E-state index in [1.165, 1.54) is 0 Å². The Morgan fingerprint density at radius 3 is 2.48 bits per heavy atom. The van der Waals surface area contributed by atoms with Crippen LogP contribution in [0.3, 0.4) is 0 Å². The van der Waals surface area contributed by atoms with Gasteiger partial charge in [-0.3, -0.25) is 0 Å². The smallest absolute Gasteiger partial charge is 0.380 e. The first-order valence-corrected chi connectivity index (χ1v) is 9.25. The number of urea groups is 1. The number of hydrogen-bond acceptors (Lipinski definition) is 4. The zero-order valence-corrected chi connectivity index (χ0v) is 16.4. The monoisotopic (exact) mass is 446 g/mol. The third kappa shape index (κ3) is 4.24. The number of amides is 2. The molecular formula is C20H14ClF3N6O. The van der Waals surface area contributed by atoms with Crippen LogP contribution in [0.25, 0.3) is 16.6 Å². The van der Waals surface area contributed by atoms with E-state index in [1.807, 2.05) is 12.1 Å². The van der Waals surface area contributed by atoms with Gasteiger partial charge in [0.15, 0.2) is 5.82 Å². The molecule has 0 spiro atoms. The molecule has 2 aromatic heterocycles. The highest BCUT2D eigenvalue weighted by molar-refractivity contribution is 6.33. The summed E-state index contributed by atoms with van der Waals surface area (Å²) in [7, 11) is 0. The molecule has 4 N–H and O–H groups in total. The van der Waals surface area contributed by atoms with E-state index in [9.17, 15) is 18.0 Å². The number of pyridine rings is 1. The Balaban J connectivity index is 1.48. The van der Waals surface area contributed by atoms with Crippen molar-refractivity contribution in [3.63, 3.8) is 0 Å². The van der Waals surface area contributed by atoms with Gasteiger partial charge in [0.1, 0.15) is 5.52 Å². The zero-order chi connectivity index (χ0) is 22.2. The van der Waals surface area contributed by atoms with Crippen LogP contribution in [0, 0.1) is 0 Å². The second kappa shape index (κ2) is 7.80. The molecule has 0 aliphatic carbocycles. The Hall–Kier alpha value is -3.79. The quantitative estimate of drug-likeness (QED) is 0.398. The lowest BCUT2D eigenvalue weighted by molar-refractivity contribution is -0.137. The van der Waals surface area contributed by atoms with Gasteiger partial charge in [-0.1, -0.05) is 35.0 Å². The molecule has 11 heteroatoms. The number of nitrogens with one attached hydrogen (secondary N) is 2. The minimum atomic E-state index is -4.52. The number of hydrogen-bond donors (Lipinski definition) is 3. The van der Waals surface area contributed by atoms with Gasteiger partial charge in [0, 0.05) is 17.4 Å². The summed E-state index contributed by atoms with van der Waals surface area (Å²) >= 11 is 5.86. The molecule has 2 heterocycles. The Labute approximate surface area is 178 Å². The van der Waals surface area contributed by atoms with E-state index in [4.69, 9.17) is 17.3 Å². The maximum absolute atomic E-state index is 12.7. The number of rotatable bonds is 3. The molecule has 0 bridgehead atoms. The number of carbonyl (C=O) groups excluding carboxylic acids is 1. The van der Waals surface area contributed by atoms with Gasteiger partial charge in [0.2, 0.25) is 0 Å². The Morgan fingerprint density at radius 2 is 1.81 bits per heavy atom. The normalized spacial score (nSPS) is 11.5. The van der Waals surface area contributed by atoms with Crippen LogP contribution in [0.15, 0.2) is 60.8 Å². The van der Waals surface area contributed by atoms with Crippen LogP contribution in [0.4, 0.5) is 35.2 Å². The van der Waals surface area contributed by atoms with Crippen LogP contribution in [0.2, 0.25) is 5.02 Å². The lowest BCUT2D eigenvalue weighted by atomic mass is 10.1. The van der Waals surface area contributed by atoms with Crippen LogP contribution in [0.5, 0.6) is 0 Å². The van der Waals surface area contributed by atoms with E-state index in [1.54, 1.807) is 35.0 Å². The predicted octanol–water partition coefficient (Wildman–Crippen LogP) is 5.29. The molecule has 0 fully saturated rings. The molecule has 0 unspecified atom stereocenters. The summed E-state index contributed by atoms with van der Waals surface area (Å²) in [4.78, 5) is 12.2. The Morgan fingerprint density at radius 1 is 1.06 bits per heavy atom. The molecule has 158 valence electrons. The number of anilines is 3. The van der Waals surface area contributed by atoms with Crippen LogP contribution >= 0.6 is 11.6 Å². The maximum atomic E-state index is 12.7. The molecule has 7 nitrogen and oxygen atoms in total. The molecule has 0 atom stereocenters. The first-order valence-electron chi connectivity index (χ1n) is 8.87. The summed E-state index contributed by atoms with van der Waals surface area (Å²) in [6, 6.07) is 12.6. The molecule has 4 aromatic rings. The molecular weight excluding hydrogens is 433 g/mol. The van der Waals surface area contributed by atoms with Crippen LogP contribution in [-0.2, 0) is 6.18 Å². The highest BCUT2D eigenvalue weighted by atomic mass is 35.5. The van der Waals surface area contributed by atoms with E-state index in [-0.39, 0.29) is 10.7 Å². The van der Waals surface area contributed by atoms with Crippen molar-refractivity contribution in [3.8, 4) is 11.1 Å². The average Bonchev–Trinajstić information content (AvgIpc) is 3.10. The summed E-state index contributed by atoms with van der Waals surface area (Å²) in [6.07, 6.45) is -2.79. The molecule has 2 aromatic carbocycles. The zero-order valence-electron chi connectivity index (χ0n) is 15.6. The summed E-state index contributed by atoms with van der Waals surface area (Å²) in [5, 5.41) is 12.6. The summed E-state index contributed by atoms with van der Waals surface area (Å²) in [6.45, 7) is 0. The Bertz CT molecular complexity index is 1270. The molecule has 2 amide bonds. The lowest BCUT2D eigenvalue weighted by Crippen LogP contribution is -2.19. The van der Waals surface area contributed by atoms with Gasteiger partial charge in [0.05, 0.1) is 16.3 Å². The van der Waals surface area contributed by atoms with Gasteiger partial charge >= 0.3 is 12.2 Å². The van der Waals surface area contributed by atoms with Gasteiger partial charge in [-0.05, 0) is 42.0 Å². The number of alkyl halides is 3. The number of nitrogens with zero attached hydrogens (tertiary/aromatic N) is 3.